The van der Waals surface area contributed by atoms with Gasteiger partial charge in [0.25, 0.3) is 0 Å². The van der Waals surface area contributed by atoms with E-state index in [1.807, 2.05) is 20.9 Å². The maximum absolute atomic E-state index is 6.20. The van der Waals surface area contributed by atoms with Gasteiger partial charge in [0.2, 0.25) is 0 Å². The van der Waals surface area contributed by atoms with E-state index in [0.717, 1.165) is 27.8 Å². The van der Waals surface area contributed by atoms with Gasteiger partial charge >= 0.3 is 0 Å². The van der Waals surface area contributed by atoms with Crippen LogP contribution in [0.25, 0.3) is 10.9 Å². The van der Waals surface area contributed by atoms with Gasteiger partial charge in [-0.15, -0.1) is 0 Å². The van der Waals surface area contributed by atoms with Crippen LogP contribution < -0.4 is 5.32 Å². The number of benzene rings is 1. The van der Waals surface area contributed by atoms with Crippen molar-refractivity contribution >= 4 is 39.8 Å². The summed E-state index contributed by atoms with van der Waals surface area (Å²) in [7, 11) is 1.87. The predicted octanol–water partition coefficient (Wildman–Crippen LogP) is 4.20. The molecule has 0 bridgehead atoms. The molecule has 0 saturated heterocycles. The molecule has 0 radical (unpaired) electrons. The molecule has 0 unspecified atom stereocenters. The van der Waals surface area contributed by atoms with Crippen LogP contribution in [-0.4, -0.2) is 12.0 Å². The number of fused-ring (bicyclic) bond motifs is 1. The van der Waals surface area contributed by atoms with Crippen LogP contribution in [0.2, 0.25) is 10.0 Å². The number of nitrogens with zero attached hydrogens (tertiary/aromatic N) is 1. The number of rotatable bonds is 1. The van der Waals surface area contributed by atoms with Crippen molar-refractivity contribution in [3.8, 4) is 0 Å². The van der Waals surface area contributed by atoms with Crippen molar-refractivity contribution in [2.24, 2.45) is 0 Å². The van der Waals surface area contributed by atoms with Gasteiger partial charge in [0.15, 0.2) is 0 Å². The Morgan fingerprint density at radius 2 is 1.75 bits per heavy atom. The number of nitrogens with one attached hydrogen (secondary N) is 1. The zero-order chi connectivity index (χ0) is 11.9. The molecule has 0 amide bonds. The lowest BCUT2D eigenvalue weighted by molar-refractivity contribution is 1.19. The Morgan fingerprint density at radius 3 is 2.38 bits per heavy atom. The maximum Gasteiger partial charge on any atom is 0.0927 e. The molecule has 4 heteroatoms. The van der Waals surface area contributed by atoms with E-state index in [0.29, 0.717) is 10.0 Å². The molecule has 0 spiro atoms. The Balaban J connectivity index is 3.02. The Hall–Kier alpha value is -0.990. The maximum atomic E-state index is 6.20. The SMILES string of the molecule is CNc1c(C)c(C)nc2c(Cl)ccc(Cl)c12. The zero-order valence-corrected chi connectivity index (χ0v) is 10.9. The van der Waals surface area contributed by atoms with E-state index in [4.69, 9.17) is 23.2 Å². The van der Waals surface area contributed by atoms with Gasteiger partial charge in [0, 0.05) is 23.8 Å². The minimum Gasteiger partial charge on any atom is -0.387 e. The molecule has 0 saturated carbocycles. The molecule has 0 aliphatic carbocycles. The Kier molecular flexibility index (Phi) is 2.96. The van der Waals surface area contributed by atoms with Gasteiger partial charge in [0.1, 0.15) is 0 Å². The average molecular weight is 255 g/mol. The van der Waals surface area contributed by atoms with Gasteiger partial charge in [-0.1, -0.05) is 23.2 Å². The summed E-state index contributed by atoms with van der Waals surface area (Å²) in [6.07, 6.45) is 0. The first-order valence-corrected chi connectivity index (χ1v) is 5.74. The first-order chi connectivity index (χ1) is 7.56. The quantitative estimate of drug-likeness (QED) is 0.825. The smallest absolute Gasteiger partial charge is 0.0927 e. The fraction of sp³-hybridized carbons (Fsp3) is 0.250. The largest absolute Gasteiger partial charge is 0.387 e. The van der Waals surface area contributed by atoms with Gasteiger partial charge in [-0.3, -0.25) is 4.98 Å². The van der Waals surface area contributed by atoms with E-state index in [9.17, 15) is 0 Å². The summed E-state index contributed by atoms with van der Waals surface area (Å²) in [4.78, 5) is 4.49. The van der Waals surface area contributed by atoms with Crippen molar-refractivity contribution in [3.63, 3.8) is 0 Å². The molecule has 0 fully saturated rings. The highest BCUT2D eigenvalue weighted by molar-refractivity contribution is 6.40. The Bertz CT molecular complexity index is 565. The molecule has 0 atom stereocenters. The lowest BCUT2D eigenvalue weighted by Gasteiger charge is -2.13. The van der Waals surface area contributed by atoms with E-state index in [1.165, 1.54) is 0 Å². The van der Waals surface area contributed by atoms with Crippen LogP contribution in [0.15, 0.2) is 12.1 Å². The topological polar surface area (TPSA) is 24.9 Å². The predicted molar refractivity (Wildman–Crippen MR) is 70.8 cm³/mol. The number of aryl methyl sites for hydroxylation is 1. The molecule has 0 aliphatic heterocycles. The third-order valence-corrected chi connectivity index (χ3v) is 3.40. The fourth-order valence-electron chi connectivity index (χ4n) is 1.82. The molecule has 84 valence electrons. The third-order valence-electron chi connectivity index (χ3n) is 2.78. The van der Waals surface area contributed by atoms with E-state index in [-0.39, 0.29) is 0 Å². The van der Waals surface area contributed by atoms with E-state index in [2.05, 4.69) is 10.3 Å². The molecule has 2 nitrogen and oxygen atoms in total. The summed E-state index contributed by atoms with van der Waals surface area (Å²) in [6.45, 7) is 3.98. The number of hydrogen-bond donors (Lipinski definition) is 1. The Morgan fingerprint density at radius 1 is 1.12 bits per heavy atom. The van der Waals surface area contributed by atoms with Crippen molar-refractivity contribution in [2.75, 3.05) is 12.4 Å². The number of hydrogen-bond acceptors (Lipinski definition) is 2. The summed E-state index contributed by atoms with van der Waals surface area (Å²) < 4.78 is 0. The molecule has 16 heavy (non-hydrogen) atoms. The van der Waals surface area contributed by atoms with Crippen LogP contribution >= 0.6 is 23.2 Å². The number of aromatic nitrogens is 1. The summed E-state index contributed by atoms with van der Waals surface area (Å²) in [6, 6.07) is 3.57. The second kappa shape index (κ2) is 4.11. The molecular formula is C12H12Cl2N2. The van der Waals surface area contributed by atoms with Crippen molar-refractivity contribution in [1.82, 2.24) is 4.98 Å². The summed E-state index contributed by atoms with van der Waals surface area (Å²) in [5.41, 5.74) is 3.80. The van der Waals surface area contributed by atoms with Crippen LogP contribution in [0, 0.1) is 13.8 Å². The van der Waals surface area contributed by atoms with Crippen molar-refractivity contribution in [3.05, 3.63) is 33.4 Å². The van der Waals surface area contributed by atoms with Gasteiger partial charge in [-0.2, -0.15) is 0 Å². The van der Waals surface area contributed by atoms with Crippen molar-refractivity contribution in [1.29, 1.82) is 0 Å². The van der Waals surface area contributed by atoms with Gasteiger partial charge in [-0.25, -0.2) is 0 Å². The zero-order valence-electron chi connectivity index (χ0n) is 9.36. The van der Waals surface area contributed by atoms with Crippen molar-refractivity contribution < 1.29 is 0 Å². The minimum absolute atomic E-state index is 0.624. The normalized spacial score (nSPS) is 10.8. The highest BCUT2D eigenvalue weighted by Gasteiger charge is 2.13. The van der Waals surface area contributed by atoms with Crippen LogP contribution in [0.4, 0.5) is 5.69 Å². The lowest BCUT2D eigenvalue weighted by atomic mass is 10.1. The molecule has 1 heterocycles. The number of pyridine rings is 1. The lowest BCUT2D eigenvalue weighted by Crippen LogP contribution is -1.99. The van der Waals surface area contributed by atoms with Crippen LogP contribution in [0.1, 0.15) is 11.3 Å². The van der Waals surface area contributed by atoms with Crippen LogP contribution in [0.3, 0.4) is 0 Å². The first-order valence-electron chi connectivity index (χ1n) is 4.99. The third kappa shape index (κ3) is 1.62. The second-order valence-electron chi connectivity index (χ2n) is 3.70. The molecular weight excluding hydrogens is 243 g/mol. The summed E-state index contributed by atoms with van der Waals surface area (Å²) >= 11 is 12.3. The standard InChI is InChI=1S/C12H12Cl2N2/c1-6-7(2)16-12-9(14)5-4-8(13)10(12)11(6)15-3/h4-5H,1-3H3,(H,15,16). The molecule has 1 aromatic carbocycles. The van der Waals surface area contributed by atoms with E-state index in [1.54, 1.807) is 12.1 Å². The summed E-state index contributed by atoms with van der Waals surface area (Å²) in [5, 5.41) is 5.34. The monoisotopic (exact) mass is 254 g/mol. The molecule has 1 aromatic heterocycles. The van der Waals surface area contributed by atoms with Gasteiger partial charge in [0.05, 0.1) is 15.6 Å². The molecule has 0 aliphatic rings. The highest BCUT2D eigenvalue weighted by atomic mass is 35.5. The Labute approximate surface area is 105 Å². The molecule has 2 rings (SSSR count). The molecule has 2 aromatic rings. The number of halogens is 2. The fourth-order valence-corrected chi connectivity index (χ4v) is 2.27. The number of anilines is 1. The van der Waals surface area contributed by atoms with E-state index < -0.39 is 0 Å². The van der Waals surface area contributed by atoms with E-state index >= 15 is 0 Å². The average Bonchev–Trinajstić information content (AvgIpc) is 2.26. The first kappa shape index (κ1) is 11.5. The second-order valence-corrected chi connectivity index (χ2v) is 4.51. The minimum atomic E-state index is 0.624. The van der Waals surface area contributed by atoms with Crippen LogP contribution in [0.5, 0.6) is 0 Å². The van der Waals surface area contributed by atoms with Gasteiger partial charge in [-0.05, 0) is 31.5 Å². The van der Waals surface area contributed by atoms with Gasteiger partial charge < -0.3 is 5.32 Å². The van der Waals surface area contributed by atoms with Crippen molar-refractivity contribution in [2.45, 2.75) is 13.8 Å². The van der Waals surface area contributed by atoms with Crippen LogP contribution in [-0.2, 0) is 0 Å². The highest BCUT2D eigenvalue weighted by Crippen LogP contribution is 2.36. The molecule has 1 N–H and O–H groups in total. The summed E-state index contributed by atoms with van der Waals surface area (Å²) in [5.74, 6) is 0.